The van der Waals surface area contributed by atoms with E-state index < -0.39 is 0 Å². The van der Waals surface area contributed by atoms with Gasteiger partial charge in [-0.2, -0.15) is 0 Å². The Hall–Kier alpha value is -0.280. The Labute approximate surface area is 115 Å². The van der Waals surface area contributed by atoms with E-state index in [4.69, 9.17) is 11.6 Å². The summed E-state index contributed by atoms with van der Waals surface area (Å²) in [5.74, 6) is 0.892. The van der Waals surface area contributed by atoms with Gasteiger partial charge in [-0.3, -0.25) is 4.79 Å². The van der Waals surface area contributed by atoms with Gasteiger partial charge in [0.2, 0.25) is 5.91 Å². The predicted octanol–water partition coefficient (Wildman–Crippen LogP) is 2.48. The van der Waals surface area contributed by atoms with E-state index in [1.165, 1.54) is 32.4 Å². The molecule has 2 aliphatic heterocycles. The van der Waals surface area contributed by atoms with Gasteiger partial charge in [0.1, 0.15) is 0 Å². The topological polar surface area (TPSA) is 23.6 Å². The Morgan fingerprint density at radius 1 is 1.06 bits per heavy atom. The van der Waals surface area contributed by atoms with E-state index in [2.05, 4.69) is 4.90 Å². The minimum absolute atomic E-state index is 0.299. The number of halogens is 1. The van der Waals surface area contributed by atoms with Crippen LogP contribution in [-0.4, -0.2) is 53.8 Å². The molecule has 0 bridgehead atoms. The van der Waals surface area contributed by atoms with E-state index in [0.717, 1.165) is 38.4 Å². The first-order valence-electron chi connectivity index (χ1n) is 7.39. The van der Waals surface area contributed by atoms with E-state index in [1.54, 1.807) is 0 Å². The summed E-state index contributed by atoms with van der Waals surface area (Å²) in [6.07, 6.45) is 7.86. The van der Waals surface area contributed by atoms with Gasteiger partial charge in [0.05, 0.1) is 0 Å². The van der Waals surface area contributed by atoms with Crippen LogP contribution in [0.1, 0.15) is 44.9 Å². The van der Waals surface area contributed by atoms with Crippen LogP contribution in [0.3, 0.4) is 0 Å². The monoisotopic (exact) mass is 272 g/mol. The van der Waals surface area contributed by atoms with Crippen molar-refractivity contribution in [1.82, 2.24) is 9.80 Å². The van der Waals surface area contributed by atoms with E-state index >= 15 is 0 Å². The van der Waals surface area contributed by atoms with Crippen LogP contribution in [0.25, 0.3) is 0 Å². The number of rotatable bonds is 4. The van der Waals surface area contributed by atoms with Crippen molar-refractivity contribution in [3.05, 3.63) is 0 Å². The lowest BCUT2D eigenvalue weighted by molar-refractivity contribution is -0.132. The smallest absolute Gasteiger partial charge is 0.222 e. The molecule has 0 atom stereocenters. The maximum Gasteiger partial charge on any atom is 0.222 e. The molecule has 3 nitrogen and oxygen atoms in total. The lowest BCUT2D eigenvalue weighted by atomic mass is 9.99. The molecule has 18 heavy (non-hydrogen) atoms. The van der Waals surface area contributed by atoms with Gasteiger partial charge in [-0.25, -0.2) is 0 Å². The van der Waals surface area contributed by atoms with Crippen LogP contribution in [0.15, 0.2) is 0 Å². The van der Waals surface area contributed by atoms with Gasteiger partial charge in [0.25, 0.3) is 0 Å². The third-order valence-corrected chi connectivity index (χ3v) is 4.52. The fourth-order valence-corrected chi connectivity index (χ4v) is 3.27. The van der Waals surface area contributed by atoms with Crippen LogP contribution in [0.5, 0.6) is 0 Å². The van der Waals surface area contributed by atoms with Crippen molar-refractivity contribution >= 4 is 17.5 Å². The number of carbonyl (C=O) groups is 1. The van der Waals surface area contributed by atoms with Gasteiger partial charge in [0, 0.05) is 31.4 Å². The van der Waals surface area contributed by atoms with Crippen LogP contribution in [-0.2, 0) is 4.79 Å². The molecule has 2 aliphatic rings. The van der Waals surface area contributed by atoms with Crippen LogP contribution in [0, 0.1) is 0 Å². The lowest BCUT2D eigenvalue weighted by Crippen LogP contribution is -2.48. The Balaban J connectivity index is 1.71. The highest BCUT2D eigenvalue weighted by molar-refractivity contribution is 6.17. The van der Waals surface area contributed by atoms with Crippen molar-refractivity contribution in [2.45, 2.75) is 51.0 Å². The summed E-state index contributed by atoms with van der Waals surface area (Å²) in [6.45, 7) is 4.43. The first-order chi connectivity index (χ1) is 8.81. The van der Waals surface area contributed by atoms with E-state index in [1.807, 2.05) is 4.90 Å². The second-order valence-electron chi connectivity index (χ2n) is 5.50. The zero-order valence-corrected chi connectivity index (χ0v) is 12.0. The maximum absolute atomic E-state index is 11.9. The van der Waals surface area contributed by atoms with Crippen molar-refractivity contribution < 1.29 is 4.79 Å². The number of hydrogen-bond acceptors (Lipinski definition) is 2. The number of carbonyl (C=O) groups excluding carboxylic acids is 1. The molecule has 0 aromatic rings. The molecule has 0 saturated carbocycles. The van der Waals surface area contributed by atoms with Gasteiger partial charge >= 0.3 is 0 Å². The molecule has 2 rings (SSSR count). The van der Waals surface area contributed by atoms with Crippen LogP contribution in [0.4, 0.5) is 0 Å². The average molecular weight is 273 g/mol. The van der Waals surface area contributed by atoms with Gasteiger partial charge < -0.3 is 9.80 Å². The molecule has 0 N–H and O–H groups in total. The molecule has 0 spiro atoms. The van der Waals surface area contributed by atoms with Crippen LogP contribution >= 0.6 is 11.6 Å². The standard InChI is InChI=1S/C14H25ClN2O/c15-8-4-5-14(18)17-11-6-13(7-12-17)16-9-2-1-3-10-16/h13H,1-12H2. The summed E-state index contributed by atoms with van der Waals surface area (Å²) >= 11 is 5.63. The van der Waals surface area contributed by atoms with E-state index in [-0.39, 0.29) is 0 Å². The first kappa shape index (κ1) is 14.1. The average Bonchev–Trinajstić information content (AvgIpc) is 2.46. The lowest BCUT2D eigenvalue weighted by Gasteiger charge is -2.40. The summed E-state index contributed by atoms with van der Waals surface area (Å²) in [7, 11) is 0. The molecular weight excluding hydrogens is 248 g/mol. The van der Waals surface area contributed by atoms with Crippen molar-refractivity contribution in [2.24, 2.45) is 0 Å². The van der Waals surface area contributed by atoms with E-state index in [0.29, 0.717) is 18.2 Å². The number of likely N-dealkylation sites (tertiary alicyclic amines) is 2. The summed E-state index contributed by atoms with van der Waals surface area (Å²) < 4.78 is 0. The normalized spacial score (nSPS) is 23.3. The fraction of sp³-hybridized carbons (Fsp3) is 0.929. The summed E-state index contributed by atoms with van der Waals surface area (Å²) in [5.41, 5.74) is 0. The Bertz CT molecular complexity index is 259. The van der Waals surface area contributed by atoms with Crippen molar-refractivity contribution in [1.29, 1.82) is 0 Å². The molecule has 2 saturated heterocycles. The molecule has 0 unspecified atom stereocenters. The van der Waals surface area contributed by atoms with E-state index in [9.17, 15) is 4.79 Å². The van der Waals surface area contributed by atoms with Crippen LogP contribution in [0.2, 0.25) is 0 Å². The third kappa shape index (κ3) is 3.86. The quantitative estimate of drug-likeness (QED) is 0.734. The molecule has 4 heteroatoms. The van der Waals surface area contributed by atoms with Crippen molar-refractivity contribution in [3.8, 4) is 0 Å². The van der Waals surface area contributed by atoms with Gasteiger partial charge in [-0.1, -0.05) is 6.42 Å². The summed E-state index contributed by atoms with van der Waals surface area (Å²) in [4.78, 5) is 16.6. The number of alkyl halides is 1. The molecule has 0 aliphatic carbocycles. The molecule has 0 aromatic heterocycles. The Morgan fingerprint density at radius 2 is 1.72 bits per heavy atom. The molecule has 2 heterocycles. The van der Waals surface area contributed by atoms with Gasteiger partial charge in [0.15, 0.2) is 0 Å². The Morgan fingerprint density at radius 3 is 2.33 bits per heavy atom. The summed E-state index contributed by atoms with van der Waals surface area (Å²) in [6, 6.07) is 0.724. The van der Waals surface area contributed by atoms with Gasteiger partial charge in [-0.05, 0) is 45.2 Å². The highest BCUT2D eigenvalue weighted by Crippen LogP contribution is 2.21. The fourth-order valence-electron chi connectivity index (χ4n) is 3.14. The number of nitrogens with zero attached hydrogens (tertiary/aromatic N) is 2. The minimum Gasteiger partial charge on any atom is -0.343 e. The zero-order chi connectivity index (χ0) is 12.8. The maximum atomic E-state index is 11.9. The van der Waals surface area contributed by atoms with Gasteiger partial charge in [-0.15, -0.1) is 11.6 Å². The molecule has 0 aromatic carbocycles. The highest BCUT2D eigenvalue weighted by Gasteiger charge is 2.27. The molecule has 2 fully saturated rings. The second kappa shape index (κ2) is 7.34. The highest BCUT2D eigenvalue weighted by atomic mass is 35.5. The molecule has 1 amide bonds. The molecular formula is C14H25ClN2O. The molecule has 0 radical (unpaired) electrons. The number of amides is 1. The minimum atomic E-state index is 0.299. The second-order valence-corrected chi connectivity index (χ2v) is 5.88. The SMILES string of the molecule is O=C(CCCCl)N1CCC(N2CCCCC2)CC1. The summed E-state index contributed by atoms with van der Waals surface area (Å²) in [5, 5.41) is 0. The third-order valence-electron chi connectivity index (χ3n) is 4.25. The Kier molecular flexibility index (Phi) is 5.77. The first-order valence-corrected chi connectivity index (χ1v) is 7.92. The number of piperidine rings is 2. The van der Waals surface area contributed by atoms with Crippen LogP contribution < -0.4 is 0 Å². The number of hydrogen-bond donors (Lipinski definition) is 0. The van der Waals surface area contributed by atoms with Crippen molar-refractivity contribution in [3.63, 3.8) is 0 Å². The molecule has 104 valence electrons. The van der Waals surface area contributed by atoms with Crippen molar-refractivity contribution in [2.75, 3.05) is 32.1 Å². The largest absolute Gasteiger partial charge is 0.343 e. The predicted molar refractivity (Wildman–Crippen MR) is 75.0 cm³/mol. The zero-order valence-electron chi connectivity index (χ0n) is 11.2.